The Morgan fingerprint density at radius 1 is 1.19 bits per heavy atom. The average molecular weight is 252 g/mol. The lowest BCUT2D eigenvalue weighted by Crippen LogP contribution is -2.04. The van der Waals surface area contributed by atoms with Gasteiger partial charge in [0, 0.05) is 6.42 Å². The monoisotopic (exact) mass is 252 g/mol. The third-order valence-electron chi connectivity index (χ3n) is 2.09. The molecule has 0 aromatic carbocycles. The van der Waals surface area contributed by atoms with Gasteiger partial charge in [0.1, 0.15) is 4.88 Å². The SMILES string of the molecule is O=C(Cc1ccsc1C(=O)O)c1cccs1. The van der Waals surface area contributed by atoms with E-state index in [0.717, 1.165) is 11.3 Å². The van der Waals surface area contributed by atoms with Crippen LogP contribution in [0.4, 0.5) is 0 Å². The van der Waals surface area contributed by atoms with E-state index in [9.17, 15) is 9.59 Å². The molecule has 3 nitrogen and oxygen atoms in total. The van der Waals surface area contributed by atoms with Gasteiger partial charge in [-0.05, 0) is 28.5 Å². The molecule has 2 aromatic heterocycles. The van der Waals surface area contributed by atoms with Crippen LogP contribution in [0.3, 0.4) is 0 Å². The van der Waals surface area contributed by atoms with Crippen LogP contribution < -0.4 is 0 Å². The lowest BCUT2D eigenvalue weighted by Gasteiger charge is -1.97. The first-order valence-electron chi connectivity index (χ1n) is 4.55. The molecule has 0 spiro atoms. The molecule has 5 heteroatoms. The van der Waals surface area contributed by atoms with Gasteiger partial charge in [-0.25, -0.2) is 4.79 Å². The molecule has 0 aliphatic carbocycles. The Balaban J connectivity index is 2.18. The molecular formula is C11H8O3S2. The van der Waals surface area contributed by atoms with E-state index < -0.39 is 5.97 Å². The van der Waals surface area contributed by atoms with E-state index in [1.807, 2.05) is 11.4 Å². The van der Waals surface area contributed by atoms with E-state index >= 15 is 0 Å². The maximum Gasteiger partial charge on any atom is 0.346 e. The van der Waals surface area contributed by atoms with Gasteiger partial charge in [-0.3, -0.25) is 4.79 Å². The molecule has 0 bridgehead atoms. The number of carboxylic acid groups (broad SMARTS) is 1. The predicted octanol–water partition coefficient (Wildman–Crippen LogP) is 2.93. The summed E-state index contributed by atoms with van der Waals surface area (Å²) in [5.41, 5.74) is 0.593. The molecule has 0 fully saturated rings. The molecule has 0 aliphatic heterocycles. The fourth-order valence-electron chi connectivity index (χ4n) is 1.36. The van der Waals surface area contributed by atoms with Gasteiger partial charge < -0.3 is 5.11 Å². The minimum absolute atomic E-state index is 0.0316. The molecule has 1 N–H and O–H groups in total. The molecule has 0 unspecified atom stereocenters. The summed E-state index contributed by atoms with van der Waals surface area (Å²) < 4.78 is 0. The average Bonchev–Trinajstić information content (AvgIpc) is 2.86. The summed E-state index contributed by atoms with van der Waals surface area (Å²) in [6.07, 6.45) is 0.158. The van der Waals surface area contributed by atoms with Crippen LogP contribution in [0.5, 0.6) is 0 Å². The third-order valence-corrected chi connectivity index (χ3v) is 3.94. The van der Waals surface area contributed by atoms with Gasteiger partial charge >= 0.3 is 5.97 Å². The van der Waals surface area contributed by atoms with Gasteiger partial charge in [-0.2, -0.15) is 0 Å². The van der Waals surface area contributed by atoms with Crippen molar-refractivity contribution in [3.05, 3.63) is 44.3 Å². The Labute approximate surface area is 100.0 Å². The van der Waals surface area contributed by atoms with Crippen LogP contribution in [-0.4, -0.2) is 16.9 Å². The van der Waals surface area contributed by atoms with E-state index in [1.54, 1.807) is 17.5 Å². The number of Topliss-reactive ketones (excluding diaryl/α,β-unsaturated/α-hetero) is 1. The molecule has 0 amide bonds. The van der Waals surface area contributed by atoms with Crippen LogP contribution in [0.2, 0.25) is 0 Å². The van der Waals surface area contributed by atoms with Crippen molar-refractivity contribution in [1.82, 2.24) is 0 Å². The number of aromatic carboxylic acids is 1. The minimum Gasteiger partial charge on any atom is -0.477 e. The number of thiophene rings is 2. The van der Waals surface area contributed by atoms with Gasteiger partial charge in [-0.15, -0.1) is 22.7 Å². The number of rotatable bonds is 4. The van der Waals surface area contributed by atoms with E-state index in [-0.39, 0.29) is 17.1 Å². The smallest absolute Gasteiger partial charge is 0.346 e. The Bertz CT molecular complexity index is 511. The molecule has 0 saturated heterocycles. The summed E-state index contributed by atoms with van der Waals surface area (Å²) in [6.45, 7) is 0. The Kier molecular flexibility index (Phi) is 3.17. The van der Waals surface area contributed by atoms with Crippen LogP contribution >= 0.6 is 22.7 Å². The molecule has 16 heavy (non-hydrogen) atoms. The van der Waals surface area contributed by atoms with Crippen molar-refractivity contribution in [3.8, 4) is 0 Å². The van der Waals surface area contributed by atoms with Crippen molar-refractivity contribution >= 4 is 34.4 Å². The van der Waals surface area contributed by atoms with Gasteiger partial charge in [0.15, 0.2) is 5.78 Å². The van der Waals surface area contributed by atoms with E-state index in [4.69, 9.17) is 5.11 Å². The topological polar surface area (TPSA) is 54.4 Å². The number of carbonyl (C=O) groups excluding carboxylic acids is 1. The molecule has 2 rings (SSSR count). The van der Waals surface area contributed by atoms with Gasteiger partial charge in [0.25, 0.3) is 0 Å². The summed E-state index contributed by atoms with van der Waals surface area (Å²) in [5.74, 6) is -1.00. The highest BCUT2D eigenvalue weighted by molar-refractivity contribution is 7.12. The van der Waals surface area contributed by atoms with Gasteiger partial charge in [-0.1, -0.05) is 6.07 Å². The van der Waals surface area contributed by atoms with Crippen molar-refractivity contribution in [2.45, 2.75) is 6.42 Å². The number of ketones is 1. The summed E-state index contributed by atoms with van der Waals surface area (Å²) in [6, 6.07) is 5.25. The van der Waals surface area contributed by atoms with Gasteiger partial charge in [0.2, 0.25) is 0 Å². The lowest BCUT2D eigenvalue weighted by atomic mass is 10.1. The Morgan fingerprint density at radius 3 is 2.62 bits per heavy atom. The quantitative estimate of drug-likeness (QED) is 0.851. The van der Waals surface area contributed by atoms with Crippen LogP contribution in [-0.2, 0) is 6.42 Å². The fourth-order valence-corrected chi connectivity index (χ4v) is 2.79. The zero-order valence-electron chi connectivity index (χ0n) is 8.17. The van der Waals surface area contributed by atoms with Crippen LogP contribution in [0.1, 0.15) is 24.9 Å². The molecule has 0 atom stereocenters. The second kappa shape index (κ2) is 4.59. The maximum atomic E-state index is 11.8. The zero-order valence-corrected chi connectivity index (χ0v) is 9.81. The first-order valence-corrected chi connectivity index (χ1v) is 6.31. The maximum absolute atomic E-state index is 11.8. The van der Waals surface area contributed by atoms with Gasteiger partial charge in [0.05, 0.1) is 4.88 Å². The molecular weight excluding hydrogens is 244 g/mol. The van der Waals surface area contributed by atoms with Crippen molar-refractivity contribution in [1.29, 1.82) is 0 Å². The van der Waals surface area contributed by atoms with E-state index in [2.05, 4.69) is 0 Å². The molecule has 2 heterocycles. The highest BCUT2D eigenvalue weighted by atomic mass is 32.1. The third kappa shape index (κ3) is 2.20. The standard InChI is InChI=1S/C11H8O3S2/c12-8(9-2-1-4-15-9)6-7-3-5-16-10(7)11(13)14/h1-5H,6H2,(H,13,14). The van der Waals surface area contributed by atoms with Crippen molar-refractivity contribution in [2.24, 2.45) is 0 Å². The highest BCUT2D eigenvalue weighted by Crippen LogP contribution is 2.20. The minimum atomic E-state index is -0.969. The number of carbonyl (C=O) groups is 2. The predicted molar refractivity (Wildman–Crippen MR) is 63.6 cm³/mol. The number of carboxylic acids is 1. The first-order chi connectivity index (χ1) is 7.68. The summed E-state index contributed by atoms with van der Waals surface area (Å²) in [4.78, 5) is 23.5. The number of hydrogen-bond acceptors (Lipinski definition) is 4. The largest absolute Gasteiger partial charge is 0.477 e. The van der Waals surface area contributed by atoms with Crippen molar-refractivity contribution < 1.29 is 14.7 Å². The molecule has 2 aromatic rings. The molecule has 82 valence electrons. The van der Waals surface area contributed by atoms with Crippen molar-refractivity contribution in [3.63, 3.8) is 0 Å². The fraction of sp³-hybridized carbons (Fsp3) is 0.0909. The zero-order chi connectivity index (χ0) is 11.5. The summed E-state index contributed by atoms with van der Waals surface area (Å²) >= 11 is 2.52. The Hall–Kier alpha value is -1.46. The second-order valence-corrected chi connectivity index (χ2v) is 5.02. The summed E-state index contributed by atoms with van der Waals surface area (Å²) in [5, 5.41) is 12.4. The first kappa shape index (κ1) is 11.0. The number of hydrogen-bond donors (Lipinski definition) is 1. The summed E-state index contributed by atoms with van der Waals surface area (Å²) in [7, 11) is 0. The molecule has 0 aliphatic rings. The second-order valence-electron chi connectivity index (χ2n) is 3.16. The molecule has 0 saturated carbocycles. The molecule has 0 radical (unpaired) electrons. The van der Waals surface area contributed by atoms with Crippen LogP contribution in [0, 0.1) is 0 Å². The Morgan fingerprint density at radius 2 is 2.00 bits per heavy atom. The normalized spacial score (nSPS) is 10.2. The van der Waals surface area contributed by atoms with E-state index in [1.165, 1.54) is 11.3 Å². The van der Waals surface area contributed by atoms with Crippen LogP contribution in [0.25, 0.3) is 0 Å². The van der Waals surface area contributed by atoms with Crippen LogP contribution in [0.15, 0.2) is 29.0 Å². The lowest BCUT2D eigenvalue weighted by molar-refractivity contribution is 0.0701. The van der Waals surface area contributed by atoms with E-state index in [0.29, 0.717) is 10.4 Å². The highest BCUT2D eigenvalue weighted by Gasteiger charge is 2.15. The van der Waals surface area contributed by atoms with Crippen molar-refractivity contribution in [2.75, 3.05) is 0 Å².